The summed E-state index contributed by atoms with van der Waals surface area (Å²) < 4.78 is 0. The number of carbonyl (C=O) groups is 2. The first-order chi connectivity index (χ1) is 8.52. The molecule has 1 aromatic carbocycles. The van der Waals surface area contributed by atoms with Gasteiger partial charge >= 0.3 is 0 Å². The van der Waals surface area contributed by atoms with Crippen molar-refractivity contribution in [3.63, 3.8) is 0 Å². The van der Waals surface area contributed by atoms with Gasteiger partial charge in [-0.05, 0) is 13.8 Å². The van der Waals surface area contributed by atoms with Gasteiger partial charge < -0.3 is 10.4 Å². The van der Waals surface area contributed by atoms with E-state index in [1.165, 1.54) is 0 Å². The Balaban J connectivity index is 2.41. The number of benzene rings is 1. The predicted octanol–water partition coefficient (Wildman–Crippen LogP) is 1.45. The second-order valence-electron chi connectivity index (χ2n) is 4.44. The Bertz CT molecular complexity index is 412. The van der Waals surface area contributed by atoms with Crippen LogP contribution in [0.1, 0.15) is 35.7 Å². The number of aryl methyl sites for hydroxylation is 1. The molecule has 0 spiro atoms. The molecule has 2 N–H and O–H groups in total. The van der Waals surface area contributed by atoms with Gasteiger partial charge in [-0.2, -0.15) is 0 Å². The van der Waals surface area contributed by atoms with Crippen molar-refractivity contribution in [2.24, 2.45) is 0 Å². The molecule has 4 nitrogen and oxygen atoms in total. The molecule has 0 aliphatic rings. The van der Waals surface area contributed by atoms with E-state index in [1.807, 2.05) is 19.1 Å². The monoisotopic (exact) mass is 249 g/mol. The van der Waals surface area contributed by atoms with E-state index in [2.05, 4.69) is 5.32 Å². The normalized spacial score (nSPS) is 11.9. The van der Waals surface area contributed by atoms with Crippen molar-refractivity contribution in [2.75, 3.05) is 6.61 Å². The van der Waals surface area contributed by atoms with E-state index in [9.17, 15) is 9.59 Å². The first-order valence-electron chi connectivity index (χ1n) is 6.03. The zero-order valence-corrected chi connectivity index (χ0v) is 10.8. The Morgan fingerprint density at radius 3 is 2.39 bits per heavy atom. The van der Waals surface area contributed by atoms with Crippen molar-refractivity contribution in [1.82, 2.24) is 5.32 Å². The van der Waals surface area contributed by atoms with Crippen molar-refractivity contribution < 1.29 is 14.7 Å². The molecule has 0 aromatic heterocycles. The fourth-order valence-electron chi connectivity index (χ4n) is 1.50. The Labute approximate surface area is 107 Å². The number of aliphatic hydroxyl groups excluding tert-OH is 1. The van der Waals surface area contributed by atoms with Crippen LogP contribution < -0.4 is 5.32 Å². The van der Waals surface area contributed by atoms with Crippen LogP contribution in [0.25, 0.3) is 0 Å². The minimum absolute atomic E-state index is 0.0400. The minimum Gasteiger partial charge on any atom is -0.394 e. The summed E-state index contributed by atoms with van der Waals surface area (Å²) in [6, 6.07) is 7.02. The minimum atomic E-state index is -0.271. The van der Waals surface area contributed by atoms with Gasteiger partial charge in [-0.1, -0.05) is 29.8 Å². The van der Waals surface area contributed by atoms with Crippen molar-refractivity contribution in [2.45, 2.75) is 32.7 Å². The zero-order valence-electron chi connectivity index (χ0n) is 10.8. The van der Waals surface area contributed by atoms with E-state index >= 15 is 0 Å². The second kappa shape index (κ2) is 6.91. The molecule has 1 amide bonds. The number of amides is 1. The SMILES string of the molecule is Cc1ccc(C(=O)CCC(=O)N[C@@H](C)CO)cc1. The molecular formula is C14H19NO3. The van der Waals surface area contributed by atoms with Crippen molar-refractivity contribution in [3.8, 4) is 0 Å². The van der Waals surface area contributed by atoms with Gasteiger partial charge in [0.1, 0.15) is 0 Å². The third kappa shape index (κ3) is 4.67. The van der Waals surface area contributed by atoms with Crippen LogP contribution >= 0.6 is 0 Å². The number of nitrogens with one attached hydrogen (secondary N) is 1. The molecule has 1 rings (SSSR count). The van der Waals surface area contributed by atoms with E-state index in [-0.39, 0.29) is 37.2 Å². The quantitative estimate of drug-likeness (QED) is 0.750. The van der Waals surface area contributed by atoms with Crippen LogP contribution in [-0.4, -0.2) is 29.4 Å². The molecule has 0 bridgehead atoms. The van der Waals surface area contributed by atoms with Gasteiger partial charge in [0.05, 0.1) is 6.61 Å². The standard InChI is InChI=1S/C14H19NO3/c1-10-3-5-12(6-4-10)13(17)7-8-14(18)15-11(2)9-16/h3-6,11,16H,7-9H2,1-2H3,(H,15,18)/t11-/m0/s1. The summed E-state index contributed by atoms with van der Waals surface area (Å²) in [5, 5.41) is 11.4. The van der Waals surface area contributed by atoms with Crippen LogP contribution in [0, 0.1) is 6.92 Å². The lowest BCUT2D eigenvalue weighted by Gasteiger charge is -2.10. The van der Waals surface area contributed by atoms with Gasteiger partial charge in [-0.25, -0.2) is 0 Å². The molecule has 0 aliphatic heterocycles. The van der Waals surface area contributed by atoms with Crippen LogP contribution in [-0.2, 0) is 4.79 Å². The first kappa shape index (κ1) is 14.4. The maximum Gasteiger partial charge on any atom is 0.220 e. The molecule has 98 valence electrons. The zero-order chi connectivity index (χ0) is 13.5. The van der Waals surface area contributed by atoms with Gasteiger partial charge in [0.15, 0.2) is 5.78 Å². The lowest BCUT2D eigenvalue weighted by atomic mass is 10.0. The van der Waals surface area contributed by atoms with Gasteiger partial charge in [0, 0.05) is 24.4 Å². The molecule has 0 saturated heterocycles. The van der Waals surface area contributed by atoms with Crippen molar-refractivity contribution >= 4 is 11.7 Å². The maximum absolute atomic E-state index is 11.8. The van der Waals surface area contributed by atoms with Crippen molar-refractivity contribution in [3.05, 3.63) is 35.4 Å². The molecule has 0 unspecified atom stereocenters. The molecule has 18 heavy (non-hydrogen) atoms. The third-order valence-corrected chi connectivity index (χ3v) is 2.63. The molecule has 0 radical (unpaired) electrons. The summed E-state index contributed by atoms with van der Waals surface area (Å²) in [7, 11) is 0. The highest BCUT2D eigenvalue weighted by atomic mass is 16.3. The number of carbonyl (C=O) groups excluding carboxylic acids is 2. The fraction of sp³-hybridized carbons (Fsp3) is 0.429. The van der Waals surface area contributed by atoms with Gasteiger partial charge in [-0.3, -0.25) is 9.59 Å². The van der Waals surface area contributed by atoms with Crippen LogP contribution in [0.4, 0.5) is 0 Å². The van der Waals surface area contributed by atoms with E-state index in [0.29, 0.717) is 5.56 Å². The number of ketones is 1. The van der Waals surface area contributed by atoms with Gasteiger partial charge in [0.2, 0.25) is 5.91 Å². The van der Waals surface area contributed by atoms with Gasteiger partial charge in [-0.15, -0.1) is 0 Å². The van der Waals surface area contributed by atoms with E-state index in [0.717, 1.165) is 5.56 Å². The Hall–Kier alpha value is -1.68. The lowest BCUT2D eigenvalue weighted by Crippen LogP contribution is -2.35. The van der Waals surface area contributed by atoms with E-state index in [4.69, 9.17) is 5.11 Å². The summed E-state index contributed by atoms with van der Waals surface area (Å²) in [6.07, 6.45) is 0.337. The van der Waals surface area contributed by atoms with Crippen molar-refractivity contribution in [1.29, 1.82) is 0 Å². The fourth-order valence-corrected chi connectivity index (χ4v) is 1.50. The summed E-state index contributed by atoms with van der Waals surface area (Å²) in [5.41, 5.74) is 1.73. The number of hydrogen-bond donors (Lipinski definition) is 2. The summed E-state index contributed by atoms with van der Waals surface area (Å²) in [4.78, 5) is 23.2. The first-order valence-corrected chi connectivity index (χ1v) is 6.03. The molecule has 1 atom stereocenters. The Morgan fingerprint density at radius 2 is 1.83 bits per heavy atom. The largest absolute Gasteiger partial charge is 0.394 e. The maximum atomic E-state index is 11.8. The highest BCUT2D eigenvalue weighted by Crippen LogP contribution is 2.07. The number of rotatable bonds is 6. The van der Waals surface area contributed by atoms with E-state index in [1.54, 1.807) is 19.1 Å². The van der Waals surface area contributed by atoms with Crippen LogP contribution in [0.5, 0.6) is 0 Å². The van der Waals surface area contributed by atoms with Crippen LogP contribution in [0.2, 0.25) is 0 Å². The summed E-state index contributed by atoms with van der Waals surface area (Å²) in [6.45, 7) is 3.56. The molecule has 1 aromatic rings. The molecule has 4 heteroatoms. The third-order valence-electron chi connectivity index (χ3n) is 2.63. The summed E-state index contributed by atoms with van der Waals surface area (Å²) in [5.74, 6) is -0.251. The van der Waals surface area contributed by atoms with Gasteiger partial charge in [0.25, 0.3) is 0 Å². The highest BCUT2D eigenvalue weighted by molar-refractivity contribution is 5.97. The predicted molar refractivity (Wildman–Crippen MR) is 69.4 cm³/mol. The summed E-state index contributed by atoms with van der Waals surface area (Å²) >= 11 is 0. The number of aliphatic hydroxyl groups is 1. The smallest absolute Gasteiger partial charge is 0.220 e. The molecule has 0 saturated carbocycles. The van der Waals surface area contributed by atoms with E-state index < -0.39 is 0 Å². The Kier molecular flexibility index (Phi) is 5.52. The topological polar surface area (TPSA) is 66.4 Å². The lowest BCUT2D eigenvalue weighted by molar-refractivity contribution is -0.121. The Morgan fingerprint density at radius 1 is 1.22 bits per heavy atom. The molecule has 0 fully saturated rings. The number of Topliss-reactive ketones (excluding diaryl/α,β-unsaturated/α-hetero) is 1. The molecule has 0 heterocycles. The molecular weight excluding hydrogens is 230 g/mol. The average Bonchev–Trinajstić information content (AvgIpc) is 2.36. The van der Waals surface area contributed by atoms with Crippen LogP contribution in [0.15, 0.2) is 24.3 Å². The second-order valence-corrected chi connectivity index (χ2v) is 4.44. The highest BCUT2D eigenvalue weighted by Gasteiger charge is 2.10. The van der Waals surface area contributed by atoms with Crippen LogP contribution in [0.3, 0.4) is 0 Å². The number of hydrogen-bond acceptors (Lipinski definition) is 3. The average molecular weight is 249 g/mol. The molecule has 0 aliphatic carbocycles.